The molecule has 3 N–H and O–H groups in total. The minimum absolute atomic E-state index is 0.000676. The highest BCUT2D eigenvalue weighted by molar-refractivity contribution is 5.72. The van der Waals surface area contributed by atoms with Gasteiger partial charge in [-0.25, -0.2) is 9.37 Å². The molecule has 0 radical (unpaired) electrons. The van der Waals surface area contributed by atoms with Gasteiger partial charge in [-0.15, -0.1) is 0 Å². The van der Waals surface area contributed by atoms with E-state index in [2.05, 4.69) is 43.0 Å². The largest absolute Gasteiger partial charge is 0.494 e. The fraction of sp³-hybridized carbons (Fsp3) is 0.233. The fourth-order valence-electron chi connectivity index (χ4n) is 4.42. The first-order valence-electron chi connectivity index (χ1n) is 13.0. The van der Waals surface area contributed by atoms with Crippen LogP contribution >= 0.6 is 0 Å². The van der Waals surface area contributed by atoms with Gasteiger partial charge in [0.2, 0.25) is 5.95 Å². The van der Waals surface area contributed by atoms with E-state index in [1.807, 2.05) is 19.1 Å². The van der Waals surface area contributed by atoms with Crippen LogP contribution in [0.3, 0.4) is 0 Å². The number of aryl methyl sites for hydroxylation is 1. The molecule has 1 aromatic heterocycles. The van der Waals surface area contributed by atoms with Gasteiger partial charge in [-0.2, -0.15) is 10.2 Å². The van der Waals surface area contributed by atoms with Crippen molar-refractivity contribution in [2.75, 3.05) is 48.8 Å². The number of anilines is 5. The summed E-state index contributed by atoms with van der Waals surface area (Å²) in [5.74, 6) is 1.56. The molecule has 204 valence electrons. The second-order valence-corrected chi connectivity index (χ2v) is 9.27. The van der Waals surface area contributed by atoms with E-state index in [9.17, 15) is 9.65 Å². The van der Waals surface area contributed by atoms with Crippen molar-refractivity contribution in [1.29, 1.82) is 5.26 Å². The smallest absolute Gasteiger partial charge is 0.229 e. The van der Waals surface area contributed by atoms with Crippen LogP contribution in [0.2, 0.25) is 0 Å². The molecule has 5 rings (SSSR count). The Kier molecular flexibility index (Phi) is 8.23. The van der Waals surface area contributed by atoms with Crippen molar-refractivity contribution < 1.29 is 13.9 Å². The third-order valence-electron chi connectivity index (χ3n) is 6.62. The summed E-state index contributed by atoms with van der Waals surface area (Å²) in [6, 6.07) is 19.8. The van der Waals surface area contributed by atoms with E-state index in [1.54, 1.807) is 49.7 Å². The second-order valence-electron chi connectivity index (χ2n) is 9.27. The van der Waals surface area contributed by atoms with E-state index in [4.69, 9.17) is 9.47 Å². The number of nitriles is 1. The summed E-state index contributed by atoms with van der Waals surface area (Å²) in [7, 11) is 1.63. The van der Waals surface area contributed by atoms with Gasteiger partial charge in [0.25, 0.3) is 0 Å². The Morgan fingerprint density at radius 1 is 1.02 bits per heavy atom. The number of benzene rings is 3. The third kappa shape index (κ3) is 6.06. The van der Waals surface area contributed by atoms with Crippen molar-refractivity contribution in [2.24, 2.45) is 0 Å². The first-order valence-corrected chi connectivity index (χ1v) is 13.0. The van der Waals surface area contributed by atoms with Crippen LogP contribution in [0.1, 0.15) is 16.7 Å². The number of hydrogen-bond acceptors (Lipinski definition) is 9. The summed E-state index contributed by atoms with van der Waals surface area (Å²) < 4.78 is 25.5. The molecule has 1 aliphatic rings. The number of aromatic nitrogens is 2. The number of hydrogen-bond donors (Lipinski definition) is 3. The molecule has 1 saturated heterocycles. The average molecular weight is 540 g/mol. The summed E-state index contributed by atoms with van der Waals surface area (Å²) >= 11 is 0. The molecule has 9 nitrogen and oxygen atoms in total. The molecule has 0 unspecified atom stereocenters. The minimum Gasteiger partial charge on any atom is -0.494 e. The molecule has 0 spiro atoms. The molecule has 0 aliphatic carbocycles. The predicted octanol–water partition coefficient (Wildman–Crippen LogP) is 5.28. The molecule has 0 bridgehead atoms. The number of methoxy groups -OCH3 is 1. The Hall–Kier alpha value is -4.88. The Bertz CT molecular complexity index is 1530. The van der Waals surface area contributed by atoms with Crippen LogP contribution in [-0.4, -0.2) is 43.3 Å². The van der Waals surface area contributed by atoms with Gasteiger partial charge in [-0.05, 0) is 37.3 Å². The number of nitrogens with zero attached hydrogens (tertiary/aromatic N) is 4. The Morgan fingerprint density at radius 3 is 2.62 bits per heavy atom. The van der Waals surface area contributed by atoms with Crippen LogP contribution in [0.25, 0.3) is 0 Å². The van der Waals surface area contributed by atoms with E-state index in [-0.39, 0.29) is 18.0 Å². The zero-order valence-corrected chi connectivity index (χ0v) is 22.4. The molecule has 10 heteroatoms. The normalized spacial score (nSPS) is 12.9. The predicted molar refractivity (Wildman–Crippen MR) is 153 cm³/mol. The van der Waals surface area contributed by atoms with Gasteiger partial charge in [0.15, 0.2) is 0 Å². The molecule has 40 heavy (non-hydrogen) atoms. The van der Waals surface area contributed by atoms with Crippen molar-refractivity contribution in [3.63, 3.8) is 0 Å². The fourth-order valence-corrected chi connectivity index (χ4v) is 4.42. The van der Waals surface area contributed by atoms with Crippen LogP contribution in [0.4, 0.5) is 33.2 Å². The van der Waals surface area contributed by atoms with Gasteiger partial charge in [0.1, 0.15) is 41.4 Å². The standard InChI is InChI=1S/C30H30FN7O2/c1-20-18-34-30(36-26-11-10-22(16-28(26)39-2)38-14-12-33-13-15-38)37-29(20)35-25-8-5-9-27(23(25)17-32)40-19-21-6-3-4-7-24(21)31/h3-11,16,18,33H,12-15,19H2,1-2H3,(H2,34,35,36,37). The van der Waals surface area contributed by atoms with Gasteiger partial charge >= 0.3 is 0 Å². The van der Waals surface area contributed by atoms with E-state index in [0.717, 1.165) is 43.1 Å². The number of halogens is 1. The minimum atomic E-state index is -0.359. The molecule has 4 aromatic rings. The maximum atomic E-state index is 14.0. The van der Waals surface area contributed by atoms with E-state index >= 15 is 0 Å². The van der Waals surface area contributed by atoms with E-state index in [1.165, 1.54) is 6.07 Å². The lowest BCUT2D eigenvalue weighted by Gasteiger charge is -2.30. The molecule has 2 heterocycles. The summed E-state index contributed by atoms with van der Waals surface area (Å²) in [5, 5.41) is 19.8. The Balaban J connectivity index is 1.35. The van der Waals surface area contributed by atoms with Crippen molar-refractivity contribution >= 4 is 28.8 Å². The Labute approximate surface area is 232 Å². The molecule has 0 amide bonds. The molecule has 3 aromatic carbocycles. The van der Waals surface area contributed by atoms with Gasteiger partial charge in [0, 0.05) is 55.3 Å². The lowest BCUT2D eigenvalue weighted by molar-refractivity contribution is 0.299. The van der Waals surface area contributed by atoms with Crippen LogP contribution in [0.5, 0.6) is 11.5 Å². The van der Waals surface area contributed by atoms with Crippen LogP contribution < -0.4 is 30.3 Å². The second kappa shape index (κ2) is 12.3. The average Bonchev–Trinajstić information content (AvgIpc) is 2.99. The topological polar surface area (TPSA) is 107 Å². The van der Waals surface area contributed by atoms with E-state index in [0.29, 0.717) is 34.5 Å². The zero-order chi connectivity index (χ0) is 27.9. The first-order chi connectivity index (χ1) is 19.6. The van der Waals surface area contributed by atoms with Crippen molar-refractivity contribution in [1.82, 2.24) is 15.3 Å². The maximum Gasteiger partial charge on any atom is 0.229 e. The molecule has 1 aliphatic heterocycles. The summed E-state index contributed by atoms with van der Waals surface area (Å²) in [6.45, 7) is 5.64. The number of rotatable bonds is 9. The SMILES string of the molecule is COc1cc(N2CCNCC2)ccc1Nc1ncc(C)c(Nc2cccc(OCc3ccccc3F)c2C#N)n1. The molecule has 1 fully saturated rings. The lowest BCUT2D eigenvalue weighted by atomic mass is 10.1. The summed E-state index contributed by atoms with van der Waals surface area (Å²) in [5.41, 5.74) is 3.82. The molecule has 0 atom stereocenters. The van der Waals surface area contributed by atoms with Gasteiger partial charge < -0.3 is 30.3 Å². The van der Waals surface area contributed by atoms with Crippen LogP contribution in [0, 0.1) is 24.1 Å². The molecular weight excluding hydrogens is 509 g/mol. The summed E-state index contributed by atoms with van der Waals surface area (Å²) in [6.07, 6.45) is 1.70. The lowest BCUT2D eigenvalue weighted by Crippen LogP contribution is -2.43. The van der Waals surface area contributed by atoms with Crippen molar-refractivity contribution in [2.45, 2.75) is 13.5 Å². The molecule has 0 saturated carbocycles. The number of piperazine rings is 1. The molecular formula is C30H30FN7O2. The number of ether oxygens (including phenoxy) is 2. The zero-order valence-electron chi connectivity index (χ0n) is 22.4. The Morgan fingerprint density at radius 2 is 1.85 bits per heavy atom. The highest BCUT2D eigenvalue weighted by atomic mass is 19.1. The summed E-state index contributed by atoms with van der Waals surface area (Å²) in [4.78, 5) is 11.4. The van der Waals surface area contributed by atoms with Gasteiger partial charge in [0.05, 0.1) is 18.5 Å². The van der Waals surface area contributed by atoms with Crippen LogP contribution in [-0.2, 0) is 6.61 Å². The van der Waals surface area contributed by atoms with Gasteiger partial charge in [-0.3, -0.25) is 0 Å². The van der Waals surface area contributed by atoms with E-state index < -0.39 is 0 Å². The quantitative estimate of drug-likeness (QED) is 0.262. The first kappa shape index (κ1) is 26.7. The van der Waals surface area contributed by atoms with Crippen molar-refractivity contribution in [3.8, 4) is 17.6 Å². The number of nitrogens with one attached hydrogen (secondary N) is 3. The highest BCUT2D eigenvalue weighted by Crippen LogP contribution is 2.33. The van der Waals surface area contributed by atoms with Crippen LogP contribution in [0.15, 0.2) is 66.9 Å². The maximum absolute atomic E-state index is 14.0. The third-order valence-corrected chi connectivity index (χ3v) is 6.62. The highest BCUT2D eigenvalue weighted by Gasteiger charge is 2.16. The monoisotopic (exact) mass is 539 g/mol. The van der Waals surface area contributed by atoms with Crippen molar-refractivity contribution in [3.05, 3.63) is 89.4 Å². The van der Waals surface area contributed by atoms with Gasteiger partial charge in [-0.1, -0.05) is 24.3 Å².